The topological polar surface area (TPSA) is 123 Å². The van der Waals surface area contributed by atoms with E-state index < -0.39 is 46.2 Å². The molecule has 0 saturated heterocycles. The number of urea groups is 1. The second-order valence-corrected chi connectivity index (χ2v) is 8.13. The van der Waals surface area contributed by atoms with Gasteiger partial charge >= 0.3 is 18.1 Å². The lowest BCUT2D eigenvalue weighted by Crippen LogP contribution is -2.34. The fraction of sp³-hybridized carbons (Fsp3) is 0.0400. The average Bonchev–Trinajstić information content (AvgIpc) is 2.86. The Morgan fingerprint density at radius 1 is 0.895 bits per heavy atom. The third-order valence-electron chi connectivity index (χ3n) is 4.65. The molecule has 0 radical (unpaired) electrons. The molecule has 0 fully saturated rings. The molecule has 0 aliphatic rings. The lowest BCUT2D eigenvalue weighted by molar-refractivity contribution is -0.134. The molecule has 0 aliphatic heterocycles. The maximum absolute atomic E-state index is 13.5. The molecule has 3 rings (SSSR count). The Labute approximate surface area is 224 Å². The molecule has 13 heteroatoms. The molecule has 0 aromatic heterocycles. The number of hydrogen-bond acceptors (Lipinski definition) is 6. The van der Waals surface area contributed by atoms with Crippen LogP contribution < -0.4 is 20.7 Å². The SMILES string of the molecule is COC(=O)/C=C/c1ccc(NC(=O)Oc2ccc(Cl)cc2)cc1NC(=O)NC(=O)c1cc(F)c(F)cc1Cl. The van der Waals surface area contributed by atoms with E-state index in [2.05, 4.69) is 15.4 Å². The van der Waals surface area contributed by atoms with Crippen LogP contribution in [0, 0.1) is 11.6 Å². The Morgan fingerprint density at radius 2 is 1.58 bits per heavy atom. The highest BCUT2D eigenvalue weighted by atomic mass is 35.5. The third-order valence-corrected chi connectivity index (χ3v) is 5.22. The zero-order chi connectivity index (χ0) is 27.8. The quantitative estimate of drug-likeness (QED) is 0.191. The standard InChI is InChI=1S/C25H17Cl2F2N3O6/c1-37-22(33)9-3-13-2-6-15(30-25(36)38-16-7-4-14(26)5-8-16)10-21(13)31-24(35)32-23(34)17-11-19(28)20(29)12-18(17)27/h2-12H,1H3,(H,30,36)(H2,31,32,34,35)/b9-3+. The zero-order valence-electron chi connectivity index (χ0n) is 19.3. The van der Waals surface area contributed by atoms with Gasteiger partial charge in [-0.15, -0.1) is 0 Å². The van der Waals surface area contributed by atoms with Gasteiger partial charge in [0.1, 0.15) is 5.75 Å². The van der Waals surface area contributed by atoms with E-state index in [0.717, 1.165) is 6.08 Å². The molecule has 38 heavy (non-hydrogen) atoms. The summed E-state index contributed by atoms with van der Waals surface area (Å²) in [6.07, 6.45) is 1.53. The number of carbonyl (C=O) groups excluding carboxylic acids is 4. The number of nitrogens with one attached hydrogen (secondary N) is 3. The summed E-state index contributed by atoms with van der Waals surface area (Å²) in [5.41, 5.74) is 0.00736. The van der Waals surface area contributed by atoms with Crippen LogP contribution in [0.2, 0.25) is 10.0 Å². The van der Waals surface area contributed by atoms with Crippen LogP contribution in [0.15, 0.2) is 60.7 Å². The first-order valence-corrected chi connectivity index (χ1v) is 11.2. The Balaban J connectivity index is 1.79. The molecule has 0 aliphatic carbocycles. The molecular weight excluding hydrogens is 547 g/mol. The molecule has 0 saturated carbocycles. The van der Waals surface area contributed by atoms with Crippen molar-refractivity contribution in [1.82, 2.24) is 5.32 Å². The molecule has 9 nitrogen and oxygen atoms in total. The first kappa shape index (κ1) is 28.1. The van der Waals surface area contributed by atoms with Gasteiger partial charge in [-0.05, 0) is 60.2 Å². The third kappa shape index (κ3) is 7.76. The number of rotatable bonds is 6. The number of benzene rings is 3. The average molecular weight is 564 g/mol. The van der Waals surface area contributed by atoms with Crippen molar-refractivity contribution < 1.29 is 37.4 Å². The molecule has 4 amide bonds. The normalized spacial score (nSPS) is 10.6. The maximum atomic E-state index is 13.5. The predicted molar refractivity (Wildman–Crippen MR) is 136 cm³/mol. The van der Waals surface area contributed by atoms with Gasteiger partial charge in [-0.25, -0.2) is 23.2 Å². The van der Waals surface area contributed by atoms with Gasteiger partial charge in [0.2, 0.25) is 0 Å². The van der Waals surface area contributed by atoms with E-state index in [1.165, 1.54) is 55.7 Å². The van der Waals surface area contributed by atoms with Crippen LogP contribution in [-0.2, 0) is 9.53 Å². The van der Waals surface area contributed by atoms with E-state index in [9.17, 15) is 28.0 Å². The van der Waals surface area contributed by atoms with E-state index >= 15 is 0 Å². The summed E-state index contributed by atoms with van der Waals surface area (Å²) in [7, 11) is 1.17. The van der Waals surface area contributed by atoms with E-state index in [-0.39, 0.29) is 22.7 Å². The number of halogens is 4. The number of hydrogen-bond donors (Lipinski definition) is 3. The predicted octanol–water partition coefficient (Wildman–Crippen LogP) is 6.03. The van der Waals surface area contributed by atoms with Crippen molar-refractivity contribution in [3.63, 3.8) is 0 Å². The van der Waals surface area contributed by atoms with Crippen molar-refractivity contribution in [2.45, 2.75) is 0 Å². The summed E-state index contributed by atoms with van der Waals surface area (Å²) in [6, 6.07) is 10.3. The highest BCUT2D eigenvalue weighted by Crippen LogP contribution is 2.24. The van der Waals surface area contributed by atoms with Crippen LogP contribution in [0.4, 0.5) is 29.7 Å². The van der Waals surface area contributed by atoms with Gasteiger partial charge in [-0.3, -0.25) is 15.4 Å². The van der Waals surface area contributed by atoms with Gasteiger partial charge in [-0.2, -0.15) is 0 Å². The number of ether oxygens (including phenoxy) is 2. The van der Waals surface area contributed by atoms with E-state index in [1.54, 1.807) is 0 Å². The lowest BCUT2D eigenvalue weighted by Gasteiger charge is -2.13. The number of esters is 1. The number of methoxy groups -OCH3 is 1. The molecule has 0 atom stereocenters. The Kier molecular flexibility index (Phi) is 9.36. The van der Waals surface area contributed by atoms with Gasteiger partial charge in [0.15, 0.2) is 11.6 Å². The minimum Gasteiger partial charge on any atom is -0.466 e. The van der Waals surface area contributed by atoms with Crippen molar-refractivity contribution in [1.29, 1.82) is 0 Å². The van der Waals surface area contributed by atoms with Crippen molar-refractivity contribution in [3.8, 4) is 5.75 Å². The largest absolute Gasteiger partial charge is 0.466 e. The van der Waals surface area contributed by atoms with Crippen molar-refractivity contribution in [2.24, 2.45) is 0 Å². The van der Waals surface area contributed by atoms with Gasteiger partial charge in [0.25, 0.3) is 5.91 Å². The Bertz CT molecular complexity index is 1430. The summed E-state index contributed by atoms with van der Waals surface area (Å²) in [5, 5.41) is 6.81. The van der Waals surface area contributed by atoms with Crippen LogP contribution in [0.5, 0.6) is 5.75 Å². The monoisotopic (exact) mass is 563 g/mol. The summed E-state index contributed by atoms with van der Waals surface area (Å²) in [5.74, 6) is -4.18. The summed E-state index contributed by atoms with van der Waals surface area (Å²) >= 11 is 11.6. The molecule has 0 heterocycles. The number of carbonyl (C=O) groups is 4. The van der Waals surface area contributed by atoms with Crippen molar-refractivity contribution in [2.75, 3.05) is 17.7 Å². The minimum atomic E-state index is -1.33. The first-order chi connectivity index (χ1) is 18.0. The molecule has 196 valence electrons. The van der Waals surface area contributed by atoms with Gasteiger partial charge in [0, 0.05) is 16.8 Å². The highest BCUT2D eigenvalue weighted by Gasteiger charge is 2.18. The molecule has 3 aromatic rings. The molecule has 0 spiro atoms. The Hall–Kier alpha value is -4.48. The fourth-order valence-corrected chi connectivity index (χ4v) is 3.25. The molecule has 3 aromatic carbocycles. The van der Waals surface area contributed by atoms with Crippen molar-refractivity contribution in [3.05, 3.63) is 93.5 Å². The second kappa shape index (κ2) is 12.7. The summed E-state index contributed by atoms with van der Waals surface area (Å²) < 4.78 is 36.5. The number of anilines is 2. The zero-order valence-corrected chi connectivity index (χ0v) is 20.8. The first-order valence-electron chi connectivity index (χ1n) is 10.5. The van der Waals surface area contributed by atoms with E-state index in [1.807, 2.05) is 5.32 Å². The molecule has 0 bridgehead atoms. The minimum absolute atomic E-state index is 0.0381. The van der Waals surface area contributed by atoms with E-state index in [0.29, 0.717) is 17.2 Å². The number of imide groups is 1. The highest BCUT2D eigenvalue weighted by molar-refractivity contribution is 6.34. The Morgan fingerprint density at radius 3 is 2.26 bits per heavy atom. The van der Waals surface area contributed by atoms with Crippen LogP contribution >= 0.6 is 23.2 Å². The van der Waals surface area contributed by atoms with Crippen LogP contribution in [0.1, 0.15) is 15.9 Å². The van der Waals surface area contributed by atoms with Crippen LogP contribution in [-0.4, -0.2) is 31.1 Å². The van der Waals surface area contributed by atoms with Crippen LogP contribution in [0.3, 0.4) is 0 Å². The molecular formula is C25H17Cl2F2N3O6. The van der Waals surface area contributed by atoms with Crippen LogP contribution in [0.25, 0.3) is 6.08 Å². The van der Waals surface area contributed by atoms with E-state index in [4.69, 9.17) is 27.9 Å². The fourth-order valence-electron chi connectivity index (χ4n) is 2.89. The second-order valence-electron chi connectivity index (χ2n) is 7.28. The summed E-state index contributed by atoms with van der Waals surface area (Å²) in [6.45, 7) is 0. The van der Waals surface area contributed by atoms with Crippen molar-refractivity contribution >= 4 is 64.7 Å². The number of amides is 4. The molecule has 0 unspecified atom stereocenters. The lowest BCUT2D eigenvalue weighted by atomic mass is 10.1. The van der Waals surface area contributed by atoms with Gasteiger partial charge < -0.3 is 14.8 Å². The van der Waals surface area contributed by atoms with Gasteiger partial charge in [-0.1, -0.05) is 29.3 Å². The smallest absolute Gasteiger partial charge is 0.417 e. The molecule has 3 N–H and O–H groups in total. The summed E-state index contributed by atoms with van der Waals surface area (Å²) in [4.78, 5) is 48.7. The maximum Gasteiger partial charge on any atom is 0.417 e. The van der Waals surface area contributed by atoms with Gasteiger partial charge in [0.05, 0.1) is 23.4 Å².